The number of benzene rings is 1. The normalized spacial score (nSPS) is 16.6. The van der Waals surface area contributed by atoms with Gasteiger partial charge in [0.05, 0.1) is 0 Å². The van der Waals surface area contributed by atoms with Crippen molar-refractivity contribution in [2.24, 2.45) is 5.92 Å². The molecule has 0 aromatic heterocycles. The van der Waals surface area contributed by atoms with E-state index >= 15 is 0 Å². The molecule has 1 nitrogen and oxygen atoms in total. The van der Waals surface area contributed by atoms with Gasteiger partial charge in [0.1, 0.15) is 0 Å². The number of nitrogens with one attached hydrogen (secondary N) is 1. The molecule has 0 amide bonds. The summed E-state index contributed by atoms with van der Waals surface area (Å²) in [5, 5.41) is 3.62. The summed E-state index contributed by atoms with van der Waals surface area (Å²) >= 11 is 0. The highest BCUT2D eigenvalue weighted by Gasteiger charge is 2.13. The molecule has 1 aliphatic carbocycles. The van der Waals surface area contributed by atoms with Crippen LogP contribution in [0.5, 0.6) is 0 Å². The highest BCUT2D eigenvalue weighted by Crippen LogP contribution is 2.23. The molecule has 1 saturated carbocycles. The lowest BCUT2D eigenvalue weighted by Gasteiger charge is -2.11. The minimum Gasteiger partial charge on any atom is -0.316 e. The van der Waals surface area contributed by atoms with Crippen LogP contribution in [0.3, 0.4) is 0 Å². The van der Waals surface area contributed by atoms with Crippen molar-refractivity contribution in [3.63, 3.8) is 0 Å². The van der Waals surface area contributed by atoms with Crippen LogP contribution in [-0.2, 0) is 6.42 Å². The third-order valence-corrected chi connectivity index (χ3v) is 3.98. The van der Waals surface area contributed by atoms with E-state index in [2.05, 4.69) is 37.4 Å². The molecule has 1 heteroatoms. The van der Waals surface area contributed by atoms with Gasteiger partial charge in [-0.1, -0.05) is 36.6 Å². The number of rotatable bonds is 5. The van der Waals surface area contributed by atoms with Crippen molar-refractivity contribution >= 4 is 0 Å². The van der Waals surface area contributed by atoms with Crippen LogP contribution < -0.4 is 5.32 Å². The van der Waals surface area contributed by atoms with Gasteiger partial charge in [0.2, 0.25) is 0 Å². The van der Waals surface area contributed by atoms with E-state index in [1.54, 1.807) is 0 Å². The summed E-state index contributed by atoms with van der Waals surface area (Å²) < 4.78 is 0. The van der Waals surface area contributed by atoms with E-state index in [9.17, 15) is 0 Å². The molecule has 1 aromatic rings. The first-order valence-corrected chi connectivity index (χ1v) is 7.02. The molecule has 1 aromatic carbocycles. The SMILES string of the molecule is Cc1ccc(C)c(CCNCC2CCCC2)c1. The molecule has 0 saturated heterocycles. The fourth-order valence-corrected chi connectivity index (χ4v) is 2.81. The molecule has 1 aliphatic rings. The predicted octanol–water partition coefficient (Wildman–Crippen LogP) is 3.63. The van der Waals surface area contributed by atoms with E-state index in [4.69, 9.17) is 0 Å². The van der Waals surface area contributed by atoms with Gasteiger partial charge < -0.3 is 5.32 Å². The van der Waals surface area contributed by atoms with Gasteiger partial charge in [-0.3, -0.25) is 0 Å². The van der Waals surface area contributed by atoms with Crippen LogP contribution in [-0.4, -0.2) is 13.1 Å². The van der Waals surface area contributed by atoms with Crippen LogP contribution in [0.4, 0.5) is 0 Å². The quantitative estimate of drug-likeness (QED) is 0.763. The second-order valence-corrected chi connectivity index (χ2v) is 5.53. The third-order valence-electron chi connectivity index (χ3n) is 3.98. The first-order valence-electron chi connectivity index (χ1n) is 7.02. The van der Waals surface area contributed by atoms with Crippen LogP contribution in [0.25, 0.3) is 0 Å². The molecule has 0 unspecified atom stereocenters. The van der Waals surface area contributed by atoms with E-state index < -0.39 is 0 Å². The highest BCUT2D eigenvalue weighted by molar-refractivity contribution is 5.30. The van der Waals surface area contributed by atoms with Crippen molar-refractivity contribution < 1.29 is 0 Å². The molecule has 1 fully saturated rings. The van der Waals surface area contributed by atoms with Crippen molar-refractivity contribution in [3.8, 4) is 0 Å². The zero-order chi connectivity index (χ0) is 12.1. The van der Waals surface area contributed by atoms with Crippen molar-refractivity contribution in [1.82, 2.24) is 5.32 Å². The smallest absolute Gasteiger partial charge is 0.000813 e. The highest BCUT2D eigenvalue weighted by atomic mass is 14.9. The van der Waals surface area contributed by atoms with Crippen LogP contribution in [0.15, 0.2) is 18.2 Å². The zero-order valence-corrected chi connectivity index (χ0v) is 11.3. The van der Waals surface area contributed by atoms with E-state index in [-0.39, 0.29) is 0 Å². The van der Waals surface area contributed by atoms with Gasteiger partial charge in [-0.05, 0) is 63.2 Å². The molecular formula is C16H25N. The summed E-state index contributed by atoms with van der Waals surface area (Å²) in [6, 6.07) is 6.76. The molecule has 0 bridgehead atoms. The lowest BCUT2D eigenvalue weighted by molar-refractivity contribution is 0.491. The van der Waals surface area contributed by atoms with E-state index in [0.29, 0.717) is 0 Å². The number of hydrogen-bond acceptors (Lipinski definition) is 1. The summed E-state index contributed by atoms with van der Waals surface area (Å²) in [5.41, 5.74) is 4.31. The molecular weight excluding hydrogens is 206 g/mol. The van der Waals surface area contributed by atoms with Crippen LogP contribution >= 0.6 is 0 Å². The summed E-state index contributed by atoms with van der Waals surface area (Å²) in [4.78, 5) is 0. The zero-order valence-electron chi connectivity index (χ0n) is 11.3. The Morgan fingerprint density at radius 1 is 1.18 bits per heavy atom. The maximum Gasteiger partial charge on any atom is -0.000813 e. The lowest BCUT2D eigenvalue weighted by atomic mass is 10.0. The molecule has 94 valence electrons. The molecule has 2 rings (SSSR count). The minimum atomic E-state index is 0.952. The first kappa shape index (κ1) is 12.6. The van der Waals surface area contributed by atoms with Crippen molar-refractivity contribution in [3.05, 3.63) is 34.9 Å². The predicted molar refractivity (Wildman–Crippen MR) is 74.4 cm³/mol. The number of hydrogen-bond donors (Lipinski definition) is 1. The number of aryl methyl sites for hydroxylation is 2. The lowest BCUT2D eigenvalue weighted by Crippen LogP contribution is -2.23. The molecule has 0 spiro atoms. The first-order chi connectivity index (χ1) is 8.25. The maximum absolute atomic E-state index is 3.62. The second kappa shape index (κ2) is 6.20. The van der Waals surface area contributed by atoms with Crippen LogP contribution in [0.2, 0.25) is 0 Å². The fraction of sp³-hybridized carbons (Fsp3) is 0.625. The topological polar surface area (TPSA) is 12.0 Å². The Labute approximate surface area is 106 Å². The van der Waals surface area contributed by atoms with Crippen molar-refractivity contribution in [2.75, 3.05) is 13.1 Å². The molecule has 0 radical (unpaired) electrons. The maximum atomic E-state index is 3.62. The summed E-state index contributed by atoms with van der Waals surface area (Å²) in [7, 11) is 0. The summed E-state index contributed by atoms with van der Waals surface area (Å²) in [5.74, 6) is 0.952. The Hall–Kier alpha value is -0.820. The van der Waals surface area contributed by atoms with Crippen LogP contribution in [0, 0.1) is 19.8 Å². The Bertz CT molecular complexity index is 351. The van der Waals surface area contributed by atoms with E-state index in [1.807, 2.05) is 0 Å². The van der Waals surface area contributed by atoms with Gasteiger partial charge in [-0.2, -0.15) is 0 Å². The Morgan fingerprint density at radius 3 is 2.71 bits per heavy atom. The molecule has 17 heavy (non-hydrogen) atoms. The van der Waals surface area contributed by atoms with Gasteiger partial charge in [0.15, 0.2) is 0 Å². The van der Waals surface area contributed by atoms with Gasteiger partial charge in [-0.15, -0.1) is 0 Å². The van der Waals surface area contributed by atoms with E-state index in [1.165, 1.54) is 55.3 Å². The van der Waals surface area contributed by atoms with Gasteiger partial charge in [0, 0.05) is 0 Å². The average molecular weight is 231 g/mol. The monoisotopic (exact) mass is 231 g/mol. The standard InChI is InChI=1S/C16H25N/c1-13-7-8-14(2)16(11-13)9-10-17-12-15-5-3-4-6-15/h7-8,11,15,17H,3-6,9-10,12H2,1-2H3. The molecule has 0 atom stereocenters. The molecule has 1 N–H and O–H groups in total. The Morgan fingerprint density at radius 2 is 1.94 bits per heavy atom. The van der Waals surface area contributed by atoms with Crippen molar-refractivity contribution in [2.45, 2.75) is 46.0 Å². The van der Waals surface area contributed by atoms with Crippen LogP contribution in [0.1, 0.15) is 42.4 Å². The minimum absolute atomic E-state index is 0.952. The molecule has 0 aliphatic heterocycles. The fourth-order valence-electron chi connectivity index (χ4n) is 2.81. The second-order valence-electron chi connectivity index (χ2n) is 5.53. The van der Waals surface area contributed by atoms with Gasteiger partial charge >= 0.3 is 0 Å². The largest absolute Gasteiger partial charge is 0.316 e. The van der Waals surface area contributed by atoms with E-state index in [0.717, 1.165) is 12.5 Å². The van der Waals surface area contributed by atoms with Gasteiger partial charge in [-0.25, -0.2) is 0 Å². The van der Waals surface area contributed by atoms with Crippen molar-refractivity contribution in [1.29, 1.82) is 0 Å². The summed E-state index contributed by atoms with van der Waals surface area (Å²) in [6.45, 7) is 6.74. The van der Waals surface area contributed by atoms with Gasteiger partial charge in [0.25, 0.3) is 0 Å². The summed E-state index contributed by atoms with van der Waals surface area (Å²) in [6.07, 6.45) is 6.94. The Balaban J connectivity index is 1.72. The third kappa shape index (κ3) is 3.85. The molecule has 0 heterocycles. The Kier molecular flexibility index (Phi) is 4.61. The average Bonchev–Trinajstić information content (AvgIpc) is 2.82.